The predicted octanol–water partition coefficient (Wildman–Crippen LogP) is 4.77. The smallest absolute Gasteiger partial charge is 0.109 e. The molecule has 0 saturated heterocycles. The lowest BCUT2D eigenvalue weighted by Crippen LogP contribution is -2.42. The summed E-state index contributed by atoms with van der Waals surface area (Å²) in [5, 5.41) is 3.97. The van der Waals surface area contributed by atoms with Gasteiger partial charge in [0.15, 0.2) is 0 Å². The van der Waals surface area contributed by atoms with Crippen molar-refractivity contribution in [1.82, 2.24) is 5.32 Å². The number of hydrogen-bond donors (Lipinski definition) is 1. The summed E-state index contributed by atoms with van der Waals surface area (Å²) >= 11 is 0. The van der Waals surface area contributed by atoms with Crippen LogP contribution in [0.15, 0.2) is 10.5 Å². The number of furan rings is 1. The topological polar surface area (TPSA) is 25.2 Å². The van der Waals surface area contributed by atoms with Crippen LogP contribution in [0.5, 0.6) is 0 Å². The molecule has 1 aromatic heterocycles. The van der Waals surface area contributed by atoms with Gasteiger partial charge < -0.3 is 9.73 Å². The van der Waals surface area contributed by atoms with Crippen molar-refractivity contribution in [2.24, 2.45) is 11.3 Å². The number of hydrogen-bond acceptors (Lipinski definition) is 2. The van der Waals surface area contributed by atoms with E-state index < -0.39 is 0 Å². The molecule has 0 spiro atoms. The lowest BCUT2D eigenvalue weighted by molar-refractivity contribution is 0.192. The molecule has 3 atom stereocenters. The maximum Gasteiger partial charge on any atom is 0.109 e. The van der Waals surface area contributed by atoms with E-state index in [1.807, 2.05) is 0 Å². The van der Waals surface area contributed by atoms with E-state index >= 15 is 0 Å². The third-order valence-electron chi connectivity index (χ3n) is 5.26. The average Bonchev–Trinajstić information content (AvgIpc) is 2.71. The van der Waals surface area contributed by atoms with E-state index in [2.05, 4.69) is 39.1 Å². The zero-order valence-electron chi connectivity index (χ0n) is 13.5. The first-order valence-electron chi connectivity index (χ1n) is 8.30. The summed E-state index contributed by atoms with van der Waals surface area (Å²) in [5.41, 5.74) is 1.77. The molecule has 1 N–H and O–H groups in total. The maximum atomic E-state index is 5.95. The van der Waals surface area contributed by atoms with Gasteiger partial charge in [0.1, 0.15) is 11.5 Å². The van der Waals surface area contributed by atoms with Crippen LogP contribution in [0.2, 0.25) is 0 Å². The Hall–Kier alpha value is -0.760. The summed E-state index contributed by atoms with van der Waals surface area (Å²) in [6, 6.07) is 3.43. The molecule has 0 aromatic carbocycles. The molecular weight excluding hydrogens is 246 g/mol. The van der Waals surface area contributed by atoms with Gasteiger partial charge in [-0.15, -0.1) is 0 Å². The summed E-state index contributed by atoms with van der Waals surface area (Å²) in [5.74, 6) is 3.10. The van der Waals surface area contributed by atoms with Crippen molar-refractivity contribution in [3.63, 3.8) is 0 Å². The first kappa shape index (κ1) is 14.2. The zero-order chi connectivity index (χ0) is 14.3. The molecule has 1 fully saturated rings. The Labute approximate surface area is 123 Å². The van der Waals surface area contributed by atoms with Crippen molar-refractivity contribution in [3.8, 4) is 0 Å². The Kier molecular flexibility index (Phi) is 3.70. The fraction of sp³-hybridized carbons (Fsp3) is 0.778. The molecule has 2 heteroatoms. The molecule has 1 aromatic rings. The Bertz CT molecular complexity index is 474. The molecule has 1 heterocycles. The minimum atomic E-state index is 0.340. The van der Waals surface area contributed by atoms with Crippen molar-refractivity contribution < 1.29 is 4.42 Å². The van der Waals surface area contributed by atoms with Gasteiger partial charge in [-0.1, -0.05) is 33.6 Å². The Morgan fingerprint density at radius 2 is 2.00 bits per heavy atom. The van der Waals surface area contributed by atoms with Gasteiger partial charge in [0.05, 0.1) is 0 Å². The summed E-state index contributed by atoms with van der Waals surface area (Å²) in [6.07, 6.45) is 7.81. The molecule has 0 aliphatic heterocycles. The average molecular weight is 275 g/mol. The van der Waals surface area contributed by atoms with Crippen LogP contribution < -0.4 is 5.32 Å². The largest absolute Gasteiger partial charge is 0.466 e. The van der Waals surface area contributed by atoms with Crippen LogP contribution in [0.25, 0.3) is 0 Å². The zero-order valence-corrected chi connectivity index (χ0v) is 13.5. The highest BCUT2D eigenvalue weighted by atomic mass is 16.3. The lowest BCUT2D eigenvalue weighted by Gasteiger charge is -2.39. The quantitative estimate of drug-likeness (QED) is 0.841. The molecule has 20 heavy (non-hydrogen) atoms. The molecule has 0 amide bonds. The minimum Gasteiger partial charge on any atom is -0.466 e. The van der Waals surface area contributed by atoms with Gasteiger partial charge in [-0.05, 0) is 43.6 Å². The van der Waals surface area contributed by atoms with Gasteiger partial charge >= 0.3 is 0 Å². The van der Waals surface area contributed by atoms with Crippen LogP contribution in [0.3, 0.4) is 0 Å². The molecule has 3 unspecified atom stereocenters. The molecule has 2 nitrogen and oxygen atoms in total. The second kappa shape index (κ2) is 5.22. The monoisotopic (exact) mass is 275 g/mol. The second-order valence-corrected chi connectivity index (χ2v) is 7.87. The molecular formula is C18H29NO. The van der Waals surface area contributed by atoms with E-state index in [1.165, 1.54) is 43.4 Å². The van der Waals surface area contributed by atoms with Crippen LogP contribution in [0.4, 0.5) is 0 Å². The first-order valence-corrected chi connectivity index (χ1v) is 8.30. The third kappa shape index (κ3) is 2.81. The fourth-order valence-corrected chi connectivity index (χ4v) is 4.16. The molecule has 2 aliphatic rings. The van der Waals surface area contributed by atoms with Gasteiger partial charge in [-0.25, -0.2) is 0 Å². The van der Waals surface area contributed by atoms with Crippen LogP contribution in [0, 0.1) is 18.3 Å². The molecule has 1 saturated carbocycles. The van der Waals surface area contributed by atoms with E-state index in [9.17, 15) is 0 Å². The van der Waals surface area contributed by atoms with Crippen molar-refractivity contribution in [1.29, 1.82) is 0 Å². The molecule has 0 radical (unpaired) electrons. The van der Waals surface area contributed by atoms with Gasteiger partial charge in [-0.2, -0.15) is 0 Å². The highest BCUT2D eigenvalue weighted by Crippen LogP contribution is 2.43. The van der Waals surface area contributed by atoms with Crippen molar-refractivity contribution in [3.05, 3.63) is 23.2 Å². The SMILES string of the molecule is Cc1cc2c(o1)CC(C)(C)CC2NC1CCCCC1C. The lowest BCUT2D eigenvalue weighted by atomic mass is 9.74. The summed E-state index contributed by atoms with van der Waals surface area (Å²) in [6.45, 7) is 9.22. The first-order chi connectivity index (χ1) is 9.44. The van der Waals surface area contributed by atoms with Gasteiger partial charge in [-0.3, -0.25) is 0 Å². The Morgan fingerprint density at radius 1 is 1.25 bits per heavy atom. The summed E-state index contributed by atoms with van der Waals surface area (Å²) in [4.78, 5) is 0. The normalized spacial score (nSPS) is 32.9. The van der Waals surface area contributed by atoms with Crippen molar-refractivity contribution in [2.45, 2.75) is 78.3 Å². The standard InChI is InChI=1S/C18H29NO/c1-12-7-5-6-8-15(12)19-16-10-18(3,4)11-17-14(16)9-13(2)20-17/h9,12,15-16,19H,5-8,10-11H2,1-4H3. The number of fused-ring (bicyclic) bond motifs is 1. The second-order valence-electron chi connectivity index (χ2n) is 7.87. The van der Waals surface area contributed by atoms with E-state index in [0.717, 1.165) is 18.1 Å². The van der Waals surface area contributed by atoms with Crippen LogP contribution in [-0.2, 0) is 6.42 Å². The van der Waals surface area contributed by atoms with E-state index in [-0.39, 0.29) is 0 Å². The maximum absolute atomic E-state index is 5.95. The van der Waals surface area contributed by atoms with Crippen molar-refractivity contribution >= 4 is 0 Å². The molecule has 3 rings (SSSR count). The molecule has 2 aliphatic carbocycles. The molecule has 112 valence electrons. The van der Waals surface area contributed by atoms with Crippen LogP contribution in [-0.4, -0.2) is 6.04 Å². The Morgan fingerprint density at radius 3 is 2.75 bits per heavy atom. The number of rotatable bonds is 2. The predicted molar refractivity (Wildman–Crippen MR) is 82.8 cm³/mol. The highest BCUT2D eigenvalue weighted by Gasteiger charge is 2.36. The number of nitrogens with one attached hydrogen (secondary N) is 1. The van der Waals surface area contributed by atoms with Crippen LogP contribution >= 0.6 is 0 Å². The summed E-state index contributed by atoms with van der Waals surface area (Å²) < 4.78 is 5.95. The number of aryl methyl sites for hydroxylation is 1. The Balaban J connectivity index is 1.81. The van der Waals surface area contributed by atoms with Gasteiger partial charge in [0, 0.05) is 24.1 Å². The van der Waals surface area contributed by atoms with Gasteiger partial charge in [0.2, 0.25) is 0 Å². The van der Waals surface area contributed by atoms with E-state index in [0.29, 0.717) is 17.5 Å². The fourth-order valence-electron chi connectivity index (χ4n) is 4.16. The van der Waals surface area contributed by atoms with Crippen molar-refractivity contribution in [2.75, 3.05) is 0 Å². The third-order valence-corrected chi connectivity index (χ3v) is 5.26. The van der Waals surface area contributed by atoms with E-state index in [4.69, 9.17) is 4.42 Å². The van der Waals surface area contributed by atoms with Crippen LogP contribution in [0.1, 0.15) is 76.0 Å². The van der Waals surface area contributed by atoms with E-state index in [1.54, 1.807) is 0 Å². The summed E-state index contributed by atoms with van der Waals surface area (Å²) in [7, 11) is 0. The highest BCUT2D eigenvalue weighted by molar-refractivity contribution is 5.29. The minimum absolute atomic E-state index is 0.340. The van der Waals surface area contributed by atoms with Gasteiger partial charge in [0.25, 0.3) is 0 Å². The molecule has 0 bridgehead atoms.